The van der Waals surface area contributed by atoms with Crippen LogP contribution in [0, 0.1) is 11.6 Å². The number of hydrogen-bond acceptors (Lipinski definition) is 2. The first-order valence-corrected chi connectivity index (χ1v) is 7.25. The van der Waals surface area contributed by atoms with Crippen LogP contribution in [0.1, 0.15) is 30.0 Å². The molecule has 0 N–H and O–H groups in total. The first-order valence-electron chi connectivity index (χ1n) is 7.25. The number of pyridine rings is 1. The largest absolute Gasteiger partial charge is 0.485 e. The molecule has 22 heavy (non-hydrogen) atoms. The van der Waals surface area contributed by atoms with Gasteiger partial charge in [-0.3, -0.25) is 0 Å². The summed E-state index contributed by atoms with van der Waals surface area (Å²) >= 11 is 0. The van der Waals surface area contributed by atoms with Crippen molar-refractivity contribution < 1.29 is 13.5 Å². The van der Waals surface area contributed by atoms with E-state index in [1.165, 1.54) is 31.0 Å². The standard InChI is InChI=1S/C17H14F2N2O/c18-13-3-1-4-14(19)12(13)10-22-16-5-2-8-21-9-15(11-6-7-11)20-17(16)21/h1-5,8-9,11H,6-7,10H2. The van der Waals surface area contributed by atoms with Crippen molar-refractivity contribution in [1.29, 1.82) is 0 Å². The Morgan fingerprint density at radius 1 is 1.14 bits per heavy atom. The third-order valence-electron chi connectivity index (χ3n) is 3.89. The van der Waals surface area contributed by atoms with Gasteiger partial charge in [0, 0.05) is 18.3 Å². The molecule has 2 aromatic heterocycles. The summed E-state index contributed by atoms with van der Waals surface area (Å²) in [5, 5.41) is 0. The van der Waals surface area contributed by atoms with Crippen molar-refractivity contribution in [2.75, 3.05) is 0 Å². The van der Waals surface area contributed by atoms with E-state index in [-0.39, 0.29) is 12.2 Å². The zero-order valence-corrected chi connectivity index (χ0v) is 11.8. The maximum Gasteiger partial charge on any atom is 0.179 e. The van der Waals surface area contributed by atoms with E-state index in [2.05, 4.69) is 4.98 Å². The summed E-state index contributed by atoms with van der Waals surface area (Å²) in [4.78, 5) is 4.58. The lowest BCUT2D eigenvalue weighted by Gasteiger charge is -2.08. The van der Waals surface area contributed by atoms with Crippen molar-refractivity contribution in [2.24, 2.45) is 0 Å². The molecule has 2 heterocycles. The fourth-order valence-electron chi connectivity index (χ4n) is 2.51. The van der Waals surface area contributed by atoms with Crippen LogP contribution in [0.2, 0.25) is 0 Å². The van der Waals surface area contributed by atoms with Crippen molar-refractivity contribution in [3.63, 3.8) is 0 Å². The Morgan fingerprint density at radius 3 is 2.64 bits per heavy atom. The molecular formula is C17H14F2N2O. The monoisotopic (exact) mass is 300 g/mol. The molecule has 0 amide bonds. The summed E-state index contributed by atoms with van der Waals surface area (Å²) in [6.45, 7) is -0.163. The summed E-state index contributed by atoms with van der Waals surface area (Å²) in [5.74, 6) is -0.142. The Morgan fingerprint density at radius 2 is 1.91 bits per heavy atom. The maximum atomic E-state index is 13.6. The number of hydrogen-bond donors (Lipinski definition) is 0. The van der Waals surface area contributed by atoms with Gasteiger partial charge >= 0.3 is 0 Å². The highest BCUT2D eigenvalue weighted by molar-refractivity contribution is 5.55. The van der Waals surface area contributed by atoms with Gasteiger partial charge in [0.2, 0.25) is 0 Å². The van der Waals surface area contributed by atoms with Crippen LogP contribution in [0.3, 0.4) is 0 Å². The van der Waals surface area contributed by atoms with Gasteiger partial charge in [-0.15, -0.1) is 0 Å². The molecule has 1 aliphatic carbocycles. The molecule has 1 aliphatic rings. The third kappa shape index (κ3) is 2.32. The van der Waals surface area contributed by atoms with Crippen LogP contribution in [-0.4, -0.2) is 9.38 Å². The lowest BCUT2D eigenvalue weighted by molar-refractivity contribution is 0.294. The van der Waals surface area contributed by atoms with E-state index < -0.39 is 11.6 Å². The van der Waals surface area contributed by atoms with E-state index in [4.69, 9.17) is 4.74 Å². The quantitative estimate of drug-likeness (QED) is 0.726. The molecule has 1 saturated carbocycles. The van der Waals surface area contributed by atoms with Crippen molar-refractivity contribution in [3.05, 3.63) is 65.6 Å². The Balaban J connectivity index is 1.64. The Kier molecular flexibility index (Phi) is 3.06. The number of benzene rings is 1. The second-order valence-corrected chi connectivity index (χ2v) is 5.53. The number of nitrogens with zero attached hydrogens (tertiary/aromatic N) is 2. The fraction of sp³-hybridized carbons (Fsp3) is 0.235. The number of halogens is 2. The van der Waals surface area contributed by atoms with Crippen LogP contribution in [0.15, 0.2) is 42.7 Å². The molecule has 0 unspecified atom stereocenters. The minimum atomic E-state index is -0.603. The van der Waals surface area contributed by atoms with Crippen LogP contribution in [0.4, 0.5) is 8.78 Å². The van der Waals surface area contributed by atoms with Gasteiger partial charge in [-0.2, -0.15) is 0 Å². The molecule has 0 spiro atoms. The molecule has 0 atom stereocenters. The zero-order valence-electron chi connectivity index (χ0n) is 11.8. The lowest BCUT2D eigenvalue weighted by atomic mass is 10.2. The molecule has 112 valence electrons. The van der Waals surface area contributed by atoms with Gasteiger partial charge in [0.05, 0.1) is 11.3 Å². The topological polar surface area (TPSA) is 26.5 Å². The Labute approximate surface area is 126 Å². The van der Waals surface area contributed by atoms with E-state index in [9.17, 15) is 8.78 Å². The van der Waals surface area contributed by atoms with Crippen molar-refractivity contribution in [1.82, 2.24) is 9.38 Å². The number of rotatable bonds is 4. The van der Waals surface area contributed by atoms with Crippen molar-refractivity contribution >= 4 is 5.65 Å². The van der Waals surface area contributed by atoms with Crippen molar-refractivity contribution in [3.8, 4) is 5.75 Å². The third-order valence-corrected chi connectivity index (χ3v) is 3.89. The average molecular weight is 300 g/mol. The normalized spacial score (nSPS) is 14.5. The molecule has 0 radical (unpaired) electrons. The Bertz CT molecular complexity index is 820. The van der Waals surface area contributed by atoms with Gasteiger partial charge < -0.3 is 9.14 Å². The summed E-state index contributed by atoms with van der Waals surface area (Å²) in [5.41, 5.74) is 1.66. The van der Waals surface area contributed by atoms with Crippen LogP contribution < -0.4 is 4.74 Å². The second kappa shape index (κ2) is 5.09. The number of fused-ring (bicyclic) bond motifs is 1. The van der Waals surface area contributed by atoms with Gasteiger partial charge in [-0.25, -0.2) is 13.8 Å². The first kappa shape index (κ1) is 13.2. The summed E-state index contributed by atoms with van der Waals surface area (Å²) in [6, 6.07) is 7.38. The fourth-order valence-corrected chi connectivity index (χ4v) is 2.51. The van der Waals surface area contributed by atoms with E-state index in [0.717, 1.165) is 5.69 Å². The second-order valence-electron chi connectivity index (χ2n) is 5.53. The molecule has 0 aliphatic heterocycles. The summed E-state index contributed by atoms with van der Waals surface area (Å²) < 4.78 is 34.8. The van der Waals surface area contributed by atoms with Gasteiger partial charge in [0.25, 0.3) is 0 Å². The average Bonchev–Trinajstić information content (AvgIpc) is 3.26. The minimum Gasteiger partial charge on any atom is -0.485 e. The van der Waals surface area contributed by atoms with Crippen molar-refractivity contribution in [2.45, 2.75) is 25.4 Å². The molecule has 4 rings (SSSR count). The van der Waals surface area contributed by atoms with Gasteiger partial charge in [0.15, 0.2) is 11.4 Å². The number of aromatic nitrogens is 2. The van der Waals surface area contributed by atoms with Gasteiger partial charge in [-0.05, 0) is 37.1 Å². The first-order chi connectivity index (χ1) is 10.7. The van der Waals surface area contributed by atoms with Crippen LogP contribution in [0.5, 0.6) is 5.75 Å². The predicted molar refractivity (Wildman–Crippen MR) is 77.9 cm³/mol. The van der Waals surface area contributed by atoms with Gasteiger partial charge in [-0.1, -0.05) is 6.07 Å². The molecule has 0 saturated heterocycles. The lowest BCUT2D eigenvalue weighted by Crippen LogP contribution is -2.02. The van der Waals surface area contributed by atoms with Gasteiger partial charge in [0.1, 0.15) is 18.2 Å². The minimum absolute atomic E-state index is 0.0709. The highest BCUT2D eigenvalue weighted by atomic mass is 19.1. The van der Waals surface area contributed by atoms with E-state index in [0.29, 0.717) is 17.3 Å². The summed E-state index contributed by atoms with van der Waals surface area (Å²) in [6.07, 6.45) is 6.22. The zero-order chi connectivity index (χ0) is 15.1. The van der Waals surface area contributed by atoms with Crippen LogP contribution in [0.25, 0.3) is 5.65 Å². The number of imidazole rings is 1. The maximum absolute atomic E-state index is 13.6. The molecular weight excluding hydrogens is 286 g/mol. The predicted octanol–water partition coefficient (Wildman–Crippen LogP) is 4.07. The number of ether oxygens (including phenoxy) is 1. The molecule has 0 bridgehead atoms. The Hall–Kier alpha value is -2.43. The molecule has 1 fully saturated rings. The summed E-state index contributed by atoms with van der Waals surface area (Å²) in [7, 11) is 0. The van der Waals surface area contributed by atoms with E-state index in [1.54, 1.807) is 6.07 Å². The molecule has 3 nitrogen and oxygen atoms in total. The van der Waals surface area contributed by atoms with E-state index in [1.807, 2.05) is 22.9 Å². The smallest absolute Gasteiger partial charge is 0.179 e. The van der Waals surface area contributed by atoms with Crippen LogP contribution >= 0.6 is 0 Å². The highest BCUT2D eigenvalue weighted by Gasteiger charge is 2.26. The molecule has 1 aromatic carbocycles. The van der Waals surface area contributed by atoms with Crippen LogP contribution in [-0.2, 0) is 6.61 Å². The molecule has 3 aromatic rings. The SMILES string of the molecule is Fc1cccc(F)c1COc1cccn2cc(C3CC3)nc12. The van der Waals surface area contributed by atoms with E-state index >= 15 is 0 Å². The highest BCUT2D eigenvalue weighted by Crippen LogP contribution is 2.40. The molecule has 5 heteroatoms.